The van der Waals surface area contributed by atoms with Gasteiger partial charge < -0.3 is 29.1 Å². The molecule has 0 fully saturated rings. The molecule has 134 valence electrons. The molecule has 1 aromatic carbocycles. The highest BCUT2D eigenvalue weighted by molar-refractivity contribution is 5.95. The third-order valence-corrected chi connectivity index (χ3v) is 3.60. The zero-order valence-electron chi connectivity index (χ0n) is 14.3. The first-order valence-electron chi connectivity index (χ1n) is 7.33. The van der Waals surface area contributed by atoms with E-state index >= 15 is 0 Å². The van der Waals surface area contributed by atoms with E-state index in [1.165, 1.54) is 27.4 Å². The number of carbonyl (C=O) groups excluding carboxylic acids is 1. The van der Waals surface area contributed by atoms with Gasteiger partial charge >= 0.3 is 5.97 Å². The van der Waals surface area contributed by atoms with Crippen LogP contribution in [0.25, 0.3) is 0 Å². The Hall–Kier alpha value is -3.16. The quantitative estimate of drug-likeness (QED) is 0.791. The Bertz CT molecular complexity index is 756. The van der Waals surface area contributed by atoms with Crippen LogP contribution in [0.5, 0.6) is 17.2 Å². The van der Waals surface area contributed by atoms with Crippen LogP contribution < -0.4 is 19.5 Å². The largest absolute Gasteiger partial charge is 0.493 e. The fraction of sp³-hybridized carbons (Fsp3) is 0.294. The molecule has 2 rings (SSSR count). The summed E-state index contributed by atoms with van der Waals surface area (Å²) in [7, 11) is 4.50. The Morgan fingerprint density at radius 1 is 1.08 bits per heavy atom. The molecule has 1 atom stereocenters. The number of amides is 1. The highest BCUT2D eigenvalue weighted by Crippen LogP contribution is 2.39. The van der Waals surface area contributed by atoms with Crippen LogP contribution in [0.15, 0.2) is 28.9 Å². The number of benzene rings is 1. The average Bonchev–Trinajstić information content (AvgIpc) is 3.10. The number of carbonyl (C=O) groups is 2. The van der Waals surface area contributed by atoms with Crippen molar-refractivity contribution in [2.24, 2.45) is 0 Å². The monoisotopic (exact) mass is 349 g/mol. The molecule has 1 heterocycles. The van der Waals surface area contributed by atoms with Gasteiger partial charge in [-0.2, -0.15) is 0 Å². The molecule has 1 aromatic heterocycles. The lowest BCUT2D eigenvalue weighted by Crippen LogP contribution is -2.26. The van der Waals surface area contributed by atoms with Crippen LogP contribution >= 0.6 is 0 Å². The molecule has 0 saturated carbocycles. The fourth-order valence-corrected chi connectivity index (χ4v) is 2.27. The second-order valence-electron chi connectivity index (χ2n) is 5.16. The van der Waals surface area contributed by atoms with Crippen LogP contribution in [-0.4, -0.2) is 38.3 Å². The molecule has 0 aliphatic rings. The summed E-state index contributed by atoms with van der Waals surface area (Å²) < 4.78 is 20.8. The van der Waals surface area contributed by atoms with E-state index in [9.17, 15) is 9.59 Å². The maximum atomic E-state index is 12.2. The van der Waals surface area contributed by atoms with Crippen molar-refractivity contribution in [3.8, 4) is 17.2 Å². The summed E-state index contributed by atoms with van der Waals surface area (Å²) in [4.78, 5) is 23.1. The summed E-state index contributed by atoms with van der Waals surface area (Å²) in [6, 6.07) is 4.19. The molecular weight excluding hydrogens is 330 g/mol. The highest BCUT2D eigenvalue weighted by atomic mass is 16.5. The third kappa shape index (κ3) is 3.85. The van der Waals surface area contributed by atoms with Gasteiger partial charge in [0.2, 0.25) is 5.75 Å². The van der Waals surface area contributed by atoms with Crippen molar-refractivity contribution < 1.29 is 33.3 Å². The minimum absolute atomic E-state index is 0.0864. The molecule has 8 nitrogen and oxygen atoms in total. The molecule has 0 bridgehead atoms. The van der Waals surface area contributed by atoms with Gasteiger partial charge in [0.05, 0.1) is 32.9 Å². The van der Waals surface area contributed by atoms with E-state index in [1.54, 1.807) is 19.1 Å². The van der Waals surface area contributed by atoms with Gasteiger partial charge in [0.1, 0.15) is 6.26 Å². The molecule has 2 N–H and O–H groups in total. The van der Waals surface area contributed by atoms with Gasteiger partial charge in [-0.3, -0.25) is 4.79 Å². The maximum absolute atomic E-state index is 12.2. The Balaban J connectivity index is 2.23. The van der Waals surface area contributed by atoms with E-state index < -0.39 is 17.9 Å². The summed E-state index contributed by atoms with van der Waals surface area (Å²) >= 11 is 0. The minimum Gasteiger partial charge on any atom is -0.493 e. The lowest BCUT2D eigenvalue weighted by Gasteiger charge is -2.18. The zero-order chi connectivity index (χ0) is 18.6. The summed E-state index contributed by atoms with van der Waals surface area (Å²) in [5.41, 5.74) is 0.624. The first-order valence-corrected chi connectivity index (χ1v) is 7.33. The molecule has 1 amide bonds. The molecular formula is C17H19NO7. The zero-order valence-corrected chi connectivity index (χ0v) is 14.3. The number of nitrogens with one attached hydrogen (secondary N) is 1. The second kappa shape index (κ2) is 7.61. The number of carboxylic acid groups (broad SMARTS) is 1. The number of hydrogen-bond acceptors (Lipinski definition) is 6. The Morgan fingerprint density at radius 3 is 2.12 bits per heavy atom. The van der Waals surface area contributed by atoms with Gasteiger partial charge in [-0.25, -0.2) is 4.79 Å². The molecule has 25 heavy (non-hydrogen) atoms. The Morgan fingerprint density at radius 2 is 1.68 bits per heavy atom. The number of ether oxygens (including phenoxy) is 3. The molecule has 0 saturated heterocycles. The minimum atomic E-state index is -1.17. The molecule has 0 radical (unpaired) electrons. The Labute approximate surface area is 144 Å². The van der Waals surface area contributed by atoms with Crippen LogP contribution in [0.1, 0.15) is 39.4 Å². The van der Waals surface area contributed by atoms with Crippen LogP contribution in [0.3, 0.4) is 0 Å². The predicted octanol–water partition coefficient (Wildman–Crippen LogP) is 2.49. The number of furan rings is 1. The van der Waals surface area contributed by atoms with Crippen LogP contribution in [0.4, 0.5) is 0 Å². The summed E-state index contributed by atoms with van der Waals surface area (Å²) in [5.74, 6) is -0.413. The van der Waals surface area contributed by atoms with Gasteiger partial charge in [0.25, 0.3) is 5.91 Å². The van der Waals surface area contributed by atoms with Crippen LogP contribution in [0, 0.1) is 0 Å². The maximum Gasteiger partial charge on any atom is 0.338 e. The number of aromatic carboxylic acids is 1. The number of methoxy groups -OCH3 is 3. The first kappa shape index (κ1) is 18.2. The van der Waals surface area contributed by atoms with Gasteiger partial charge in [0.15, 0.2) is 17.3 Å². The van der Waals surface area contributed by atoms with Gasteiger partial charge in [-0.1, -0.05) is 0 Å². The number of carboxylic acids is 1. The molecule has 0 aliphatic carbocycles. The van der Waals surface area contributed by atoms with E-state index in [0.29, 0.717) is 22.8 Å². The highest BCUT2D eigenvalue weighted by Gasteiger charge is 2.20. The fourth-order valence-electron chi connectivity index (χ4n) is 2.27. The molecule has 2 aromatic rings. The number of rotatable bonds is 7. The standard InChI is InChI=1S/C17H19NO7/c1-9(18-16(19)14-7-11(8-25-14)17(20)21)10-5-12(22-2)15(24-4)13(6-10)23-3/h5-9H,1-4H3,(H,18,19)(H,20,21). The first-order chi connectivity index (χ1) is 11.9. The van der Waals surface area contributed by atoms with Crippen LogP contribution in [-0.2, 0) is 0 Å². The lowest BCUT2D eigenvalue weighted by atomic mass is 10.1. The normalized spacial score (nSPS) is 11.5. The van der Waals surface area contributed by atoms with E-state index in [4.69, 9.17) is 23.7 Å². The van der Waals surface area contributed by atoms with Crippen molar-refractivity contribution in [1.82, 2.24) is 5.32 Å². The summed E-state index contributed by atoms with van der Waals surface area (Å²) in [5, 5.41) is 11.6. The molecule has 8 heteroatoms. The van der Waals surface area contributed by atoms with Crippen molar-refractivity contribution in [2.45, 2.75) is 13.0 Å². The number of hydrogen-bond donors (Lipinski definition) is 2. The van der Waals surface area contributed by atoms with Gasteiger partial charge in [0, 0.05) is 6.07 Å². The summed E-state index contributed by atoms with van der Waals surface area (Å²) in [6.07, 6.45) is 1.02. The van der Waals surface area contributed by atoms with Crippen molar-refractivity contribution in [3.63, 3.8) is 0 Å². The molecule has 1 unspecified atom stereocenters. The van der Waals surface area contributed by atoms with Crippen molar-refractivity contribution in [2.75, 3.05) is 21.3 Å². The predicted molar refractivity (Wildman–Crippen MR) is 87.6 cm³/mol. The van der Waals surface area contributed by atoms with E-state index in [-0.39, 0.29) is 11.3 Å². The van der Waals surface area contributed by atoms with Crippen LogP contribution in [0.2, 0.25) is 0 Å². The van der Waals surface area contributed by atoms with E-state index in [2.05, 4.69) is 5.32 Å². The third-order valence-electron chi connectivity index (χ3n) is 3.60. The summed E-state index contributed by atoms with van der Waals surface area (Å²) in [6.45, 7) is 1.76. The Kier molecular flexibility index (Phi) is 5.53. The second-order valence-corrected chi connectivity index (χ2v) is 5.16. The smallest absolute Gasteiger partial charge is 0.338 e. The van der Waals surface area contributed by atoms with Gasteiger partial charge in [-0.05, 0) is 24.6 Å². The van der Waals surface area contributed by atoms with Crippen molar-refractivity contribution in [3.05, 3.63) is 41.3 Å². The average molecular weight is 349 g/mol. The van der Waals surface area contributed by atoms with Crippen molar-refractivity contribution >= 4 is 11.9 Å². The topological polar surface area (TPSA) is 107 Å². The van der Waals surface area contributed by atoms with Gasteiger partial charge in [-0.15, -0.1) is 0 Å². The lowest BCUT2D eigenvalue weighted by molar-refractivity contribution is 0.0695. The van der Waals surface area contributed by atoms with E-state index in [1.807, 2.05) is 0 Å². The SMILES string of the molecule is COc1cc(C(C)NC(=O)c2cc(C(=O)O)co2)cc(OC)c1OC. The molecule has 0 spiro atoms. The molecule has 0 aliphatic heterocycles. The van der Waals surface area contributed by atoms with Crippen molar-refractivity contribution in [1.29, 1.82) is 0 Å². The van der Waals surface area contributed by atoms with E-state index in [0.717, 1.165) is 6.26 Å².